The molecule has 0 atom stereocenters. The van der Waals surface area contributed by atoms with E-state index >= 15 is 0 Å². The number of rotatable bonds is 3. The van der Waals surface area contributed by atoms with Crippen molar-refractivity contribution in [1.82, 2.24) is 10.2 Å². The molecule has 3 aromatic rings. The van der Waals surface area contributed by atoms with Crippen LogP contribution in [0.4, 0.5) is 0 Å². The second-order valence-corrected chi connectivity index (χ2v) is 4.27. The molecular formula is C13H7ClN2O4. The summed E-state index contributed by atoms with van der Waals surface area (Å²) in [5, 5.41) is 16.8. The number of aromatic carboxylic acids is 1. The fourth-order valence-electron chi connectivity index (χ4n) is 1.62. The molecule has 0 spiro atoms. The molecule has 0 saturated heterocycles. The van der Waals surface area contributed by atoms with Crippen LogP contribution in [-0.4, -0.2) is 21.3 Å². The van der Waals surface area contributed by atoms with Gasteiger partial charge in [0.2, 0.25) is 5.89 Å². The highest BCUT2D eigenvalue weighted by atomic mass is 35.5. The number of aromatic nitrogens is 2. The zero-order valence-corrected chi connectivity index (χ0v) is 10.7. The van der Waals surface area contributed by atoms with Crippen LogP contribution in [0.2, 0.25) is 5.22 Å². The Balaban J connectivity index is 1.91. The maximum absolute atomic E-state index is 10.8. The minimum absolute atomic E-state index is 0.186. The molecule has 3 rings (SSSR count). The summed E-state index contributed by atoms with van der Waals surface area (Å²) in [5.41, 5.74) is 0.803. The molecule has 2 aromatic heterocycles. The topological polar surface area (TPSA) is 89.4 Å². The van der Waals surface area contributed by atoms with Crippen LogP contribution in [0.1, 0.15) is 10.4 Å². The molecule has 0 saturated carbocycles. The Morgan fingerprint density at radius 2 is 1.70 bits per heavy atom. The van der Waals surface area contributed by atoms with Gasteiger partial charge in [0.05, 0.1) is 5.56 Å². The Morgan fingerprint density at radius 1 is 1.00 bits per heavy atom. The normalized spacial score (nSPS) is 10.7. The Kier molecular flexibility index (Phi) is 3.00. The van der Waals surface area contributed by atoms with Gasteiger partial charge in [0.1, 0.15) is 0 Å². The molecule has 1 aromatic carbocycles. The van der Waals surface area contributed by atoms with Crippen molar-refractivity contribution in [2.75, 3.05) is 0 Å². The second kappa shape index (κ2) is 4.82. The molecule has 0 aliphatic rings. The molecule has 0 amide bonds. The third-order valence-corrected chi connectivity index (χ3v) is 2.79. The number of carboxylic acids is 1. The van der Waals surface area contributed by atoms with Crippen molar-refractivity contribution in [3.8, 4) is 23.1 Å². The zero-order chi connectivity index (χ0) is 14.1. The van der Waals surface area contributed by atoms with Gasteiger partial charge in [-0.2, -0.15) is 0 Å². The summed E-state index contributed by atoms with van der Waals surface area (Å²) in [6.45, 7) is 0. The summed E-state index contributed by atoms with van der Waals surface area (Å²) >= 11 is 5.67. The molecule has 0 aliphatic carbocycles. The summed E-state index contributed by atoms with van der Waals surface area (Å²) in [7, 11) is 0. The summed E-state index contributed by atoms with van der Waals surface area (Å²) in [6.07, 6.45) is 0. The van der Waals surface area contributed by atoms with Crippen LogP contribution in [0, 0.1) is 0 Å². The smallest absolute Gasteiger partial charge is 0.335 e. The monoisotopic (exact) mass is 290 g/mol. The van der Waals surface area contributed by atoms with Crippen LogP contribution in [0.25, 0.3) is 23.1 Å². The highest BCUT2D eigenvalue weighted by Gasteiger charge is 2.14. The molecule has 1 N–H and O–H groups in total. The van der Waals surface area contributed by atoms with Crippen LogP contribution < -0.4 is 0 Å². The Labute approximate surface area is 117 Å². The minimum atomic E-state index is -0.993. The first kappa shape index (κ1) is 12.4. The maximum atomic E-state index is 10.8. The molecule has 0 aliphatic heterocycles. The van der Waals surface area contributed by atoms with Crippen molar-refractivity contribution < 1.29 is 18.7 Å². The molecular weight excluding hydrogens is 284 g/mol. The van der Waals surface area contributed by atoms with E-state index in [1.54, 1.807) is 24.3 Å². The largest absolute Gasteiger partial charge is 0.478 e. The van der Waals surface area contributed by atoms with Gasteiger partial charge < -0.3 is 13.9 Å². The lowest BCUT2D eigenvalue weighted by Crippen LogP contribution is -1.94. The molecule has 2 heterocycles. The summed E-state index contributed by atoms with van der Waals surface area (Å²) < 4.78 is 10.6. The van der Waals surface area contributed by atoms with E-state index in [1.165, 1.54) is 12.1 Å². The number of halogens is 1. The van der Waals surface area contributed by atoms with Gasteiger partial charge in [-0.25, -0.2) is 4.79 Å². The zero-order valence-electron chi connectivity index (χ0n) is 9.91. The van der Waals surface area contributed by atoms with E-state index in [9.17, 15) is 4.79 Å². The van der Waals surface area contributed by atoms with Gasteiger partial charge in [-0.05, 0) is 48.0 Å². The second-order valence-electron chi connectivity index (χ2n) is 3.90. The van der Waals surface area contributed by atoms with Gasteiger partial charge in [-0.1, -0.05) is 0 Å². The van der Waals surface area contributed by atoms with E-state index in [-0.39, 0.29) is 22.6 Å². The lowest BCUT2D eigenvalue weighted by atomic mass is 10.1. The highest BCUT2D eigenvalue weighted by Crippen LogP contribution is 2.26. The average molecular weight is 291 g/mol. The van der Waals surface area contributed by atoms with Gasteiger partial charge in [-0.3, -0.25) is 0 Å². The predicted molar refractivity (Wildman–Crippen MR) is 69.4 cm³/mol. The van der Waals surface area contributed by atoms with Crippen LogP contribution in [0.15, 0.2) is 45.2 Å². The number of nitrogens with zero attached hydrogens (tertiary/aromatic N) is 2. The molecule has 20 heavy (non-hydrogen) atoms. The standard InChI is InChI=1S/C13H7ClN2O4/c14-10-6-5-9(19-10)12-16-15-11(20-12)7-1-3-8(4-2-7)13(17)18/h1-6H,(H,17,18). The molecule has 0 unspecified atom stereocenters. The summed E-state index contributed by atoms with van der Waals surface area (Å²) in [5.74, 6) is -0.150. The Hall–Kier alpha value is -2.60. The fraction of sp³-hybridized carbons (Fsp3) is 0. The lowest BCUT2D eigenvalue weighted by molar-refractivity contribution is 0.0697. The predicted octanol–water partition coefficient (Wildman–Crippen LogP) is 3.35. The average Bonchev–Trinajstić information content (AvgIpc) is 3.07. The van der Waals surface area contributed by atoms with Gasteiger partial charge in [0, 0.05) is 5.56 Å². The molecule has 0 fully saturated rings. The number of hydrogen-bond acceptors (Lipinski definition) is 5. The Morgan fingerprint density at radius 3 is 2.30 bits per heavy atom. The SMILES string of the molecule is O=C(O)c1ccc(-c2nnc(-c3ccc(Cl)o3)o2)cc1. The molecule has 6 nitrogen and oxygen atoms in total. The fourth-order valence-corrected chi connectivity index (χ4v) is 1.77. The number of carboxylic acid groups (broad SMARTS) is 1. The van der Waals surface area contributed by atoms with Crippen molar-refractivity contribution in [3.05, 3.63) is 47.2 Å². The lowest BCUT2D eigenvalue weighted by Gasteiger charge is -1.96. The van der Waals surface area contributed by atoms with Crippen LogP contribution in [-0.2, 0) is 0 Å². The number of benzene rings is 1. The number of hydrogen-bond donors (Lipinski definition) is 1. The van der Waals surface area contributed by atoms with Gasteiger partial charge in [0.25, 0.3) is 5.89 Å². The van der Waals surface area contributed by atoms with Crippen molar-refractivity contribution in [2.24, 2.45) is 0 Å². The van der Waals surface area contributed by atoms with Crippen molar-refractivity contribution >= 4 is 17.6 Å². The van der Waals surface area contributed by atoms with Gasteiger partial charge in [0.15, 0.2) is 11.0 Å². The van der Waals surface area contributed by atoms with Crippen molar-refractivity contribution in [1.29, 1.82) is 0 Å². The number of furan rings is 1. The third-order valence-electron chi connectivity index (χ3n) is 2.59. The van der Waals surface area contributed by atoms with Crippen LogP contribution in [0.5, 0.6) is 0 Å². The Bertz CT molecular complexity index is 761. The van der Waals surface area contributed by atoms with E-state index in [0.29, 0.717) is 11.3 Å². The van der Waals surface area contributed by atoms with Crippen molar-refractivity contribution in [2.45, 2.75) is 0 Å². The third kappa shape index (κ3) is 2.28. The quantitative estimate of drug-likeness (QED) is 0.795. The molecule has 100 valence electrons. The van der Waals surface area contributed by atoms with E-state index in [2.05, 4.69) is 10.2 Å². The van der Waals surface area contributed by atoms with Gasteiger partial charge >= 0.3 is 5.97 Å². The van der Waals surface area contributed by atoms with Crippen LogP contribution >= 0.6 is 11.6 Å². The molecule has 0 bridgehead atoms. The summed E-state index contributed by atoms with van der Waals surface area (Å²) in [6, 6.07) is 9.30. The number of carbonyl (C=O) groups is 1. The molecule has 7 heteroatoms. The van der Waals surface area contributed by atoms with Gasteiger partial charge in [-0.15, -0.1) is 10.2 Å². The maximum Gasteiger partial charge on any atom is 0.335 e. The first-order chi connectivity index (χ1) is 9.63. The van der Waals surface area contributed by atoms with E-state index in [1.807, 2.05) is 0 Å². The first-order valence-corrected chi connectivity index (χ1v) is 5.94. The summed E-state index contributed by atoms with van der Waals surface area (Å²) in [4.78, 5) is 10.8. The highest BCUT2D eigenvalue weighted by molar-refractivity contribution is 6.28. The minimum Gasteiger partial charge on any atom is -0.478 e. The van der Waals surface area contributed by atoms with E-state index in [0.717, 1.165) is 0 Å². The van der Waals surface area contributed by atoms with E-state index in [4.69, 9.17) is 25.5 Å². The van der Waals surface area contributed by atoms with Crippen LogP contribution in [0.3, 0.4) is 0 Å². The van der Waals surface area contributed by atoms with E-state index < -0.39 is 5.97 Å². The first-order valence-electron chi connectivity index (χ1n) is 5.56. The molecule has 0 radical (unpaired) electrons. The van der Waals surface area contributed by atoms with Crippen molar-refractivity contribution in [3.63, 3.8) is 0 Å².